The van der Waals surface area contributed by atoms with Gasteiger partial charge in [-0.05, 0) is 19.4 Å². The van der Waals surface area contributed by atoms with E-state index in [0.717, 1.165) is 23.7 Å². The quantitative estimate of drug-likeness (QED) is 0.825. The number of thiazole rings is 1. The van der Waals surface area contributed by atoms with E-state index < -0.39 is 0 Å². The maximum atomic E-state index is 11.9. The van der Waals surface area contributed by atoms with Gasteiger partial charge >= 0.3 is 0 Å². The van der Waals surface area contributed by atoms with Crippen LogP contribution in [0.2, 0.25) is 0 Å². The van der Waals surface area contributed by atoms with E-state index in [1.54, 1.807) is 11.3 Å². The number of aromatic nitrogens is 1. The van der Waals surface area contributed by atoms with Crippen molar-refractivity contribution in [3.8, 4) is 0 Å². The highest BCUT2D eigenvalue weighted by molar-refractivity contribution is 7.09. The van der Waals surface area contributed by atoms with Crippen molar-refractivity contribution in [3.63, 3.8) is 0 Å². The first-order valence-electron chi connectivity index (χ1n) is 5.56. The molecule has 1 aliphatic heterocycles. The first-order valence-corrected chi connectivity index (χ1v) is 6.44. The fourth-order valence-corrected chi connectivity index (χ4v) is 2.67. The zero-order chi connectivity index (χ0) is 11.5. The summed E-state index contributed by atoms with van der Waals surface area (Å²) in [6.07, 6.45) is 0. The summed E-state index contributed by atoms with van der Waals surface area (Å²) < 4.78 is 0. The van der Waals surface area contributed by atoms with Gasteiger partial charge < -0.3 is 10.6 Å². The van der Waals surface area contributed by atoms with Crippen LogP contribution in [0.15, 0.2) is 5.51 Å². The fourth-order valence-electron chi connectivity index (χ4n) is 1.96. The van der Waals surface area contributed by atoms with Crippen LogP contribution in [0.1, 0.15) is 17.5 Å². The third-order valence-electron chi connectivity index (χ3n) is 3.12. The molecule has 4 nitrogen and oxygen atoms in total. The number of nitrogens with one attached hydrogen (secondary N) is 2. The number of amides is 1. The van der Waals surface area contributed by atoms with Crippen LogP contribution in [0.5, 0.6) is 0 Å². The predicted molar refractivity (Wildman–Crippen MR) is 64.2 cm³/mol. The lowest BCUT2D eigenvalue weighted by Crippen LogP contribution is -2.33. The molecule has 1 aromatic rings. The Morgan fingerprint density at radius 3 is 3.06 bits per heavy atom. The first kappa shape index (κ1) is 11.5. The third kappa shape index (κ3) is 2.41. The van der Waals surface area contributed by atoms with Gasteiger partial charge in [0.15, 0.2) is 0 Å². The first-order chi connectivity index (χ1) is 7.68. The Balaban J connectivity index is 1.86. The smallest absolute Gasteiger partial charge is 0.225 e. The number of carbonyl (C=O) groups is 1. The van der Waals surface area contributed by atoms with Gasteiger partial charge in [-0.25, -0.2) is 4.98 Å². The second-order valence-corrected chi connectivity index (χ2v) is 5.26. The van der Waals surface area contributed by atoms with Crippen molar-refractivity contribution >= 4 is 17.2 Å². The van der Waals surface area contributed by atoms with Gasteiger partial charge in [-0.1, -0.05) is 6.92 Å². The summed E-state index contributed by atoms with van der Waals surface area (Å²) in [6, 6.07) is 0. The molecule has 1 amide bonds. The molecule has 2 atom stereocenters. The van der Waals surface area contributed by atoms with Crippen LogP contribution in [0.25, 0.3) is 0 Å². The molecular weight excluding hydrogens is 222 g/mol. The molecule has 2 heterocycles. The molecule has 0 unspecified atom stereocenters. The van der Waals surface area contributed by atoms with Crippen molar-refractivity contribution < 1.29 is 4.79 Å². The van der Waals surface area contributed by atoms with Crippen LogP contribution < -0.4 is 10.6 Å². The number of hydrogen-bond acceptors (Lipinski definition) is 4. The molecule has 0 aliphatic carbocycles. The van der Waals surface area contributed by atoms with Crippen molar-refractivity contribution in [2.45, 2.75) is 20.4 Å². The van der Waals surface area contributed by atoms with Crippen LogP contribution in [-0.4, -0.2) is 24.0 Å². The molecule has 0 bridgehead atoms. The van der Waals surface area contributed by atoms with Gasteiger partial charge in [-0.3, -0.25) is 4.79 Å². The molecule has 0 aromatic carbocycles. The minimum atomic E-state index is 0.119. The lowest BCUT2D eigenvalue weighted by molar-refractivity contribution is -0.125. The molecule has 1 aliphatic rings. The predicted octanol–water partition coefficient (Wildman–Crippen LogP) is 0.923. The Kier molecular flexibility index (Phi) is 3.56. The minimum Gasteiger partial charge on any atom is -0.351 e. The standard InChI is InChI=1S/C11H17N3OS/c1-7-3-12-4-9(7)11(15)13-5-10-8(2)14-6-16-10/h6-7,9,12H,3-5H2,1-2H3,(H,13,15)/t7-,9-/m1/s1. The summed E-state index contributed by atoms with van der Waals surface area (Å²) in [5.41, 5.74) is 2.83. The number of rotatable bonds is 3. The normalized spacial score (nSPS) is 24.6. The van der Waals surface area contributed by atoms with Crippen molar-refractivity contribution in [2.24, 2.45) is 11.8 Å². The summed E-state index contributed by atoms with van der Waals surface area (Å²) >= 11 is 1.59. The fraction of sp³-hybridized carbons (Fsp3) is 0.636. The van der Waals surface area contributed by atoms with Crippen molar-refractivity contribution in [1.29, 1.82) is 0 Å². The van der Waals surface area contributed by atoms with E-state index in [2.05, 4.69) is 22.5 Å². The number of hydrogen-bond donors (Lipinski definition) is 2. The molecule has 1 saturated heterocycles. The summed E-state index contributed by atoms with van der Waals surface area (Å²) in [7, 11) is 0. The van der Waals surface area contributed by atoms with E-state index in [1.165, 1.54) is 0 Å². The SMILES string of the molecule is Cc1ncsc1CNC(=O)[C@@H]1CNC[C@H]1C. The maximum absolute atomic E-state index is 11.9. The Labute approximate surface area is 99.5 Å². The molecule has 0 spiro atoms. The average molecular weight is 239 g/mol. The van der Waals surface area contributed by atoms with E-state index in [4.69, 9.17) is 0 Å². The highest BCUT2D eigenvalue weighted by Gasteiger charge is 2.29. The van der Waals surface area contributed by atoms with Crippen molar-refractivity contribution in [3.05, 3.63) is 16.1 Å². The van der Waals surface area contributed by atoms with Gasteiger partial charge in [-0.2, -0.15) is 0 Å². The summed E-state index contributed by atoms with van der Waals surface area (Å²) in [4.78, 5) is 17.2. The van der Waals surface area contributed by atoms with Gasteiger partial charge in [-0.15, -0.1) is 11.3 Å². The van der Waals surface area contributed by atoms with Crippen LogP contribution in [0.4, 0.5) is 0 Å². The zero-order valence-corrected chi connectivity index (χ0v) is 10.4. The number of aryl methyl sites for hydroxylation is 1. The zero-order valence-electron chi connectivity index (χ0n) is 9.62. The molecule has 16 heavy (non-hydrogen) atoms. The van der Waals surface area contributed by atoms with Crippen molar-refractivity contribution in [1.82, 2.24) is 15.6 Å². The molecule has 5 heteroatoms. The van der Waals surface area contributed by atoms with Crippen molar-refractivity contribution in [2.75, 3.05) is 13.1 Å². The van der Waals surface area contributed by atoms with Crippen LogP contribution in [-0.2, 0) is 11.3 Å². The maximum Gasteiger partial charge on any atom is 0.225 e. The summed E-state index contributed by atoms with van der Waals surface area (Å²) in [6.45, 7) is 6.44. The van der Waals surface area contributed by atoms with E-state index in [9.17, 15) is 4.79 Å². The third-order valence-corrected chi connectivity index (χ3v) is 4.06. The molecule has 1 aromatic heterocycles. The van der Waals surface area contributed by atoms with Gasteiger partial charge in [0.2, 0.25) is 5.91 Å². The Hall–Kier alpha value is -0.940. The van der Waals surface area contributed by atoms with Crippen LogP contribution in [0, 0.1) is 18.8 Å². The van der Waals surface area contributed by atoms with E-state index >= 15 is 0 Å². The van der Waals surface area contributed by atoms with Gasteiger partial charge in [0.1, 0.15) is 0 Å². The second-order valence-electron chi connectivity index (χ2n) is 4.32. The second kappa shape index (κ2) is 4.93. The van der Waals surface area contributed by atoms with Gasteiger partial charge in [0.05, 0.1) is 23.7 Å². The van der Waals surface area contributed by atoms with Crippen LogP contribution in [0.3, 0.4) is 0 Å². The molecule has 2 N–H and O–H groups in total. The molecule has 2 rings (SSSR count). The summed E-state index contributed by atoms with van der Waals surface area (Å²) in [5.74, 6) is 0.709. The number of carbonyl (C=O) groups excluding carboxylic acids is 1. The average Bonchev–Trinajstić information content (AvgIpc) is 2.84. The van der Waals surface area contributed by atoms with Gasteiger partial charge in [0, 0.05) is 11.4 Å². The van der Waals surface area contributed by atoms with E-state index in [-0.39, 0.29) is 11.8 Å². The minimum absolute atomic E-state index is 0.119. The number of nitrogens with zero attached hydrogens (tertiary/aromatic N) is 1. The van der Waals surface area contributed by atoms with E-state index in [1.807, 2.05) is 12.4 Å². The largest absolute Gasteiger partial charge is 0.351 e. The highest BCUT2D eigenvalue weighted by Crippen LogP contribution is 2.17. The lowest BCUT2D eigenvalue weighted by Gasteiger charge is -2.13. The van der Waals surface area contributed by atoms with Gasteiger partial charge in [0.25, 0.3) is 0 Å². The lowest BCUT2D eigenvalue weighted by atomic mass is 9.97. The molecule has 1 fully saturated rings. The molecule has 0 saturated carbocycles. The van der Waals surface area contributed by atoms with E-state index in [0.29, 0.717) is 12.5 Å². The molecule has 88 valence electrons. The Morgan fingerprint density at radius 2 is 2.50 bits per heavy atom. The molecular formula is C11H17N3OS. The summed E-state index contributed by atoms with van der Waals surface area (Å²) in [5, 5.41) is 6.23. The Bertz CT molecular complexity index is 377. The Morgan fingerprint density at radius 1 is 1.69 bits per heavy atom. The molecule has 0 radical (unpaired) electrons. The van der Waals surface area contributed by atoms with Crippen LogP contribution >= 0.6 is 11.3 Å². The highest BCUT2D eigenvalue weighted by atomic mass is 32.1. The monoisotopic (exact) mass is 239 g/mol. The topological polar surface area (TPSA) is 54.0 Å².